The number of carbonyl (C=O) groups is 1. The minimum Gasteiger partial charge on any atom is -0.465 e. The highest BCUT2D eigenvalue weighted by atomic mass is 16.5. The molecular weight excluding hydrogens is 240 g/mol. The van der Waals surface area contributed by atoms with E-state index in [9.17, 15) is 4.79 Å². The van der Waals surface area contributed by atoms with E-state index in [4.69, 9.17) is 4.42 Å². The van der Waals surface area contributed by atoms with E-state index in [2.05, 4.69) is 11.7 Å². The molecule has 0 spiro atoms. The van der Waals surface area contributed by atoms with Gasteiger partial charge < -0.3 is 9.15 Å². The van der Waals surface area contributed by atoms with Crippen molar-refractivity contribution in [2.24, 2.45) is 0 Å². The van der Waals surface area contributed by atoms with Crippen molar-refractivity contribution in [2.45, 2.75) is 26.2 Å². The third-order valence-electron chi connectivity index (χ3n) is 3.03. The number of unbranched alkanes of at least 4 members (excludes halogenated alkanes) is 1. The van der Waals surface area contributed by atoms with Crippen molar-refractivity contribution in [2.75, 3.05) is 7.11 Å². The molecule has 0 aliphatic rings. The second kappa shape index (κ2) is 6.23. The van der Waals surface area contributed by atoms with Gasteiger partial charge in [0.05, 0.1) is 12.7 Å². The lowest BCUT2D eigenvalue weighted by molar-refractivity contribution is 0.0601. The Morgan fingerprint density at radius 2 is 1.89 bits per heavy atom. The van der Waals surface area contributed by atoms with Crippen molar-refractivity contribution >= 4 is 5.97 Å². The van der Waals surface area contributed by atoms with Crippen LogP contribution in [0, 0.1) is 0 Å². The Hall–Kier alpha value is -2.03. The summed E-state index contributed by atoms with van der Waals surface area (Å²) in [5.74, 6) is 1.52. The number of esters is 1. The molecule has 3 heteroatoms. The number of rotatable bonds is 5. The van der Waals surface area contributed by atoms with Gasteiger partial charge in [0.1, 0.15) is 11.5 Å². The van der Waals surface area contributed by atoms with Gasteiger partial charge >= 0.3 is 5.97 Å². The van der Waals surface area contributed by atoms with E-state index in [0.717, 1.165) is 36.3 Å². The van der Waals surface area contributed by atoms with E-state index in [1.165, 1.54) is 7.11 Å². The largest absolute Gasteiger partial charge is 0.465 e. The third-order valence-corrected chi connectivity index (χ3v) is 3.03. The van der Waals surface area contributed by atoms with E-state index in [1.54, 1.807) is 12.1 Å². The summed E-state index contributed by atoms with van der Waals surface area (Å²) in [5, 5.41) is 0. The summed E-state index contributed by atoms with van der Waals surface area (Å²) >= 11 is 0. The van der Waals surface area contributed by atoms with Crippen LogP contribution >= 0.6 is 0 Å². The van der Waals surface area contributed by atoms with Crippen molar-refractivity contribution < 1.29 is 13.9 Å². The number of aryl methyl sites for hydroxylation is 1. The van der Waals surface area contributed by atoms with Crippen LogP contribution in [-0.2, 0) is 11.2 Å². The summed E-state index contributed by atoms with van der Waals surface area (Å²) in [6, 6.07) is 11.2. The zero-order valence-corrected chi connectivity index (χ0v) is 11.3. The molecule has 2 rings (SSSR count). The number of hydrogen-bond donors (Lipinski definition) is 0. The summed E-state index contributed by atoms with van der Waals surface area (Å²) in [4.78, 5) is 11.3. The van der Waals surface area contributed by atoms with Crippen molar-refractivity contribution in [1.82, 2.24) is 0 Å². The molecule has 0 unspecified atom stereocenters. The maximum Gasteiger partial charge on any atom is 0.337 e. The van der Waals surface area contributed by atoms with Gasteiger partial charge in [0.15, 0.2) is 0 Å². The summed E-state index contributed by atoms with van der Waals surface area (Å²) in [5.41, 5.74) is 1.51. The van der Waals surface area contributed by atoms with Crippen LogP contribution in [0.15, 0.2) is 40.8 Å². The predicted octanol–water partition coefficient (Wildman–Crippen LogP) is 4.08. The fourth-order valence-electron chi connectivity index (χ4n) is 1.91. The molecule has 0 saturated heterocycles. The number of hydrogen-bond acceptors (Lipinski definition) is 3. The minimum absolute atomic E-state index is 0.324. The second-order valence-electron chi connectivity index (χ2n) is 4.44. The third kappa shape index (κ3) is 3.25. The highest BCUT2D eigenvalue weighted by molar-refractivity contribution is 5.89. The molecule has 3 nitrogen and oxygen atoms in total. The molecule has 0 atom stereocenters. The molecule has 0 fully saturated rings. The molecule has 0 radical (unpaired) electrons. The zero-order chi connectivity index (χ0) is 13.7. The molecule has 0 saturated carbocycles. The smallest absolute Gasteiger partial charge is 0.337 e. The van der Waals surface area contributed by atoms with E-state index in [0.29, 0.717) is 5.56 Å². The Morgan fingerprint density at radius 3 is 2.53 bits per heavy atom. The highest BCUT2D eigenvalue weighted by Crippen LogP contribution is 2.23. The highest BCUT2D eigenvalue weighted by Gasteiger charge is 2.07. The van der Waals surface area contributed by atoms with Gasteiger partial charge in [-0.15, -0.1) is 0 Å². The minimum atomic E-state index is -0.324. The molecule has 19 heavy (non-hydrogen) atoms. The summed E-state index contributed by atoms with van der Waals surface area (Å²) < 4.78 is 10.5. The SMILES string of the molecule is CCCCc1ccc(-c2ccc(C(=O)OC)cc2)o1. The average molecular weight is 258 g/mol. The van der Waals surface area contributed by atoms with Crippen molar-refractivity contribution in [3.8, 4) is 11.3 Å². The Morgan fingerprint density at radius 1 is 1.16 bits per heavy atom. The topological polar surface area (TPSA) is 39.4 Å². The molecule has 100 valence electrons. The summed E-state index contributed by atoms with van der Waals surface area (Å²) in [7, 11) is 1.38. The summed E-state index contributed by atoms with van der Waals surface area (Å²) in [6.45, 7) is 2.16. The van der Waals surface area contributed by atoms with Gasteiger partial charge in [0, 0.05) is 12.0 Å². The van der Waals surface area contributed by atoms with Crippen LogP contribution in [0.25, 0.3) is 11.3 Å². The number of methoxy groups -OCH3 is 1. The van der Waals surface area contributed by atoms with Gasteiger partial charge in [-0.2, -0.15) is 0 Å². The lowest BCUT2D eigenvalue weighted by atomic mass is 10.1. The van der Waals surface area contributed by atoms with Gasteiger partial charge in [0.2, 0.25) is 0 Å². The van der Waals surface area contributed by atoms with Crippen LogP contribution in [0.1, 0.15) is 35.9 Å². The van der Waals surface area contributed by atoms with E-state index < -0.39 is 0 Å². The Balaban J connectivity index is 2.13. The van der Waals surface area contributed by atoms with Gasteiger partial charge in [-0.3, -0.25) is 0 Å². The van der Waals surface area contributed by atoms with Gasteiger partial charge in [0.25, 0.3) is 0 Å². The Kier molecular flexibility index (Phi) is 4.39. The molecule has 0 aliphatic carbocycles. The van der Waals surface area contributed by atoms with Crippen molar-refractivity contribution in [3.05, 3.63) is 47.7 Å². The molecule has 0 N–H and O–H groups in total. The Bertz CT molecular complexity index is 537. The lowest BCUT2D eigenvalue weighted by Crippen LogP contribution is -2.00. The van der Waals surface area contributed by atoms with Crippen molar-refractivity contribution in [3.63, 3.8) is 0 Å². The lowest BCUT2D eigenvalue weighted by Gasteiger charge is -2.01. The molecular formula is C16H18O3. The van der Waals surface area contributed by atoms with Crippen LogP contribution in [-0.4, -0.2) is 13.1 Å². The molecule has 0 aliphatic heterocycles. The molecule has 2 aromatic rings. The Labute approximate surface area is 113 Å². The van der Waals surface area contributed by atoms with Gasteiger partial charge in [-0.1, -0.05) is 25.5 Å². The quantitative estimate of drug-likeness (QED) is 0.759. The summed E-state index contributed by atoms with van der Waals surface area (Å²) in [6.07, 6.45) is 3.26. The van der Waals surface area contributed by atoms with Gasteiger partial charge in [-0.25, -0.2) is 4.79 Å². The van der Waals surface area contributed by atoms with Crippen molar-refractivity contribution in [1.29, 1.82) is 0 Å². The fourth-order valence-corrected chi connectivity index (χ4v) is 1.91. The van der Waals surface area contributed by atoms with E-state index in [-0.39, 0.29) is 5.97 Å². The van der Waals surface area contributed by atoms with Crippen LogP contribution < -0.4 is 0 Å². The first-order valence-corrected chi connectivity index (χ1v) is 6.52. The van der Waals surface area contributed by atoms with Crippen LogP contribution in [0.5, 0.6) is 0 Å². The average Bonchev–Trinajstić information content (AvgIpc) is 2.93. The standard InChI is InChI=1S/C16H18O3/c1-3-4-5-14-10-11-15(19-14)12-6-8-13(9-7-12)16(17)18-2/h6-11H,3-5H2,1-2H3. The molecule has 1 aromatic heterocycles. The first-order chi connectivity index (χ1) is 9.24. The zero-order valence-electron chi connectivity index (χ0n) is 11.3. The fraction of sp³-hybridized carbons (Fsp3) is 0.312. The first-order valence-electron chi connectivity index (χ1n) is 6.52. The molecule has 1 heterocycles. The molecule has 0 bridgehead atoms. The maximum absolute atomic E-state index is 11.3. The van der Waals surface area contributed by atoms with Crippen LogP contribution in [0.3, 0.4) is 0 Å². The van der Waals surface area contributed by atoms with E-state index in [1.807, 2.05) is 24.3 Å². The number of benzene rings is 1. The normalized spacial score (nSPS) is 10.4. The maximum atomic E-state index is 11.3. The van der Waals surface area contributed by atoms with E-state index >= 15 is 0 Å². The molecule has 1 aromatic carbocycles. The molecule has 0 amide bonds. The monoisotopic (exact) mass is 258 g/mol. The predicted molar refractivity (Wildman–Crippen MR) is 74.1 cm³/mol. The van der Waals surface area contributed by atoms with Crippen LogP contribution in [0.2, 0.25) is 0 Å². The first kappa shape index (κ1) is 13.4. The number of furan rings is 1. The van der Waals surface area contributed by atoms with Gasteiger partial charge in [-0.05, 0) is 30.7 Å². The number of carbonyl (C=O) groups excluding carboxylic acids is 1. The van der Waals surface area contributed by atoms with Crippen LogP contribution in [0.4, 0.5) is 0 Å². The second-order valence-corrected chi connectivity index (χ2v) is 4.44. The number of ether oxygens (including phenoxy) is 1.